The van der Waals surface area contributed by atoms with Gasteiger partial charge in [-0.25, -0.2) is 4.79 Å². The van der Waals surface area contributed by atoms with Crippen LogP contribution in [0.2, 0.25) is 0 Å². The van der Waals surface area contributed by atoms with Crippen molar-refractivity contribution in [2.45, 2.75) is 26.3 Å². The van der Waals surface area contributed by atoms with Crippen LogP contribution < -0.4 is 10.1 Å². The molecule has 1 aromatic carbocycles. The van der Waals surface area contributed by atoms with E-state index in [1.807, 2.05) is 6.92 Å². The van der Waals surface area contributed by atoms with Gasteiger partial charge in [0.1, 0.15) is 6.04 Å². The predicted molar refractivity (Wildman–Crippen MR) is 72.6 cm³/mol. The van der Waals surface area contributed by atoms with E-state index in [0.717, 1.165) is 0 Å². The van der Waals surface area contributed by atoms with Crippen LogP contribution in [0.25, 0.3) is 0 Å². The first-order valence-electron chi connectivity index (χ1n) is 6.38. The lowest BCUT2D eigenvalue weighted by Crippen LogP contribution is -2.46. The molecule has 6 nitrogen and oxygen atoms in total. The van der Waals surface area contributed by atoms with Crippen molar-refractivity contribution >= 4 is 11.9 Å². The number of carbonyl (C=O) groups is 2. The normalized spacial score (nSPS) is 13.3. The smallest absolute Gasteiger partial charge is 0.326 e. The van der Waals surface area contributed by atoms with Crippen LogP contribution in [0.4, 0.5) is 0 Å². The first kappa shape index (κ1) is 15.8. The zero-order valence-corrected chi connectivity index (χ0v) is 11.5. The van der Waals surface area contributed by atoms with Gasteiger partial charge >= 0.3 is 5.97 Å². The van der Waals surface area contributed by atoms with Gasteiger partial charge < -0.3 is 20.3 Å². The highest BCUT2D eigenvalue weighted by Gasteiger charge is 2.25. The highest BCUT2D eigenvalue weighted by atomic mass is 16.5. The number of hydrogen-bond donors (Lipinski definition) is 3. The van der Waals surface area contributed by atoms with Gasteiger partial charge in [0.05, 0.1) is 0 Å². The molecule has 1 aromatic rings. The number of amides is 1. The van der Waals surface area contributed by atoms with Crippen LogP contribution in [0.1, 0.15) is 20.3 Å². The van der Waals surface area contributed by atoms with E-state index in [-0.39, 0.29) is 24.0 Å². The van der Waals surface area contributed by atoms with E-state index in [2.05, 4.69) is 5.32 Å². The van der Waals surface area contributed by atoms with Crippen molar-refractivity contribution in [1.82, 2.24) is 5.32 Å². The van der Waals surface area contributed by atoms with Gasteiger partial charge in [-0.3, -0.25) is 4.79 Å². The fourth-order valence-electron chi connectivity index (χ4n) is 1.62. The molecule has 0 fully saturated rings. The van der Waals surface area contributed by atoms with Crippen molar-refractivity contribution in [3.63, 3.8) is 0 Å². The number of benzene rings is 1. The van der Waals surface area contributed by atoms with Gasteiger partial charge in [-0.15, -0.1) is 0 Å². The molecule has 2 atom stereocenters. The van der Waals surface area contributed by atoms with Gasteiger partial charge in [-0.2, -0.15) is 0 Å². The van der Waals surface area contributed by atoms with Gasteiger partial charge in [-0.05, 0) is 18.1 Å². The Morgan fingerprint density at radius 2 is 2.00 bits per heavy atom. The van der Waals surface area contributed by atoms with Crippen LogP contribution in [-0.4, -0.2) is 34.7 Å². The maximum Gasteiger partial charge on any atom is 0.326 e. The SMILES string of the molecule is CCC(C)[C@H](NC(=O)COc1ccccc1O)C(=O)O. The van der Waals surface area contributed by atoms with Gasteiger partial charge in [0, 0.05) is 0 Å². The Hall–Kier alpha value is -2.24. The van der Waals surface area contributed by atoms with Crippen LogP contribution in [0.5, 0.6) is 11.5 Å². The third-order valence-corrected chi connectivity index (χ3v) is 3.02. The summed E-state index contributed by atoms with van der Waals surface area (Å²) < 4.78 is 5.14. The second kappa shape index (κ2) is 7.37. The molecule has 1 rings (SSSR count). The summed E-state index contributed by atoms with van der Waals surface area (Å²) >= 11 is 0. The number of phenolic OH excluding ortho intramolecular Hbond substituents is 1. The van der Waals surface area contributed by atoms with Crippen LogP contribution >= 0.6 is 0 Å². The van der Waals surface area contributed by atoms with Gasteiger partial charge in [-0.1, -0.05) is 32.4 Å². The Kier molecular flexibility index (Phi) is 5.83. The summed E-state index contributed by atoms with van der Waals surface area (Å²) in [6, 6.07) is 5.30. The van der Waals surface area contributed by atoms with E-state index in [0.29, 0.717) is 6.42 Å². The maximum absolute atomic E-state index is 11.7. The zero-order chi connectivity index (χ0) is 15.1. The lowest BCUT2D eigenvalue weighted by atomic mass is 9.99. The Morgan fingerprint density at radius 1 is 1.35 bits per heavy atom. The standard InChI is InChI=1S/C14H19NO5/c1-3-9(2)13(14(18)19)15-12(17)8-20-11-7-5-4-6-10(11)16/h4-7,9,13,16H,3,8H2,1-2H3,(H,15,17)(H,18,19)/t9?,13-/m0/s1. The second-order valence-corrected chi connectivity index (χ2v) is 4.53. The predicted octanol–water partition coefficient (Wildman–Crippen LogP) is 1.39. The fraction of sp³-hybridized carbons (Fsp3) is 0.429. The number of carboxylic acids is 1. The van der Waals surface area contributed by atoms with Crippen molar-refractivity contribution in [2.24, 2.45) is 5.92 Å². The number of aliphatic carboxylic acids is 1. The molecular weight excluding hydrogens is 262 g/mol. The van der Waals surface area contributed by atoms with E-state index in [1.165, 1.54) is 12.1 Å². The third-order valence-electron chi connectivity index (χ3n) is 3.02. The number of nitrogens with one attached hydrogen (secondary N) is 1. The number of aromatic hydroxyl groups is 1. The molecule has 1 unspecified atom stereocenters. The molecule has 1 amide bonds. The van der Waals surface area contributed by atoms with E-state index >= 15 is 0 Å². The van der Waals surface area contributed by atoms with Crippen molar-refractivity contribution in [1.29, 1.82) is 0 Å². The number of para-hydroxylation sites is 2. The fourth-order valence-corrected chi connectivity index (χ4v) is 1.62. The summed E-state index contributed by atoms with van der Waals surface area (Å²) in [5.74, 6) is -1.69. The number of hydrogen-bond acceptors (Lipinski definition) is 4. The van der Waals surface area contributed by atoms with E-state index < -0.39 is 17.9 Å². The Balaban J connectivity index is 2.55. The molecule has 6 heteroatoms. The minimum Gasteiger partial charge on any atom is -0.504 e. The molecule has 20 heavy (non-hydrogen) atoms. The largest absolute Gasteiger partial charge is 0.504 e. The Bertz CT molecular complexity index is 474. The van der Waals surface area contributed by atoms with Crippen LogP contribution in [0, 0.1) is 5.92 Å². The molecule has 110 valence electrons. The first-order chi connectivity index (χ1) is 9.45. The topological polar surface area (TPSA) is 95.9 Å². The lowest BCUT2D eigenvalue weighted by Gasteiger charge is -2.20. The molecule has 0 aliphatic carbocycles. The lowest BCUT2D eigenvalue weighted by molar-refractivity contribution is -0.143. The number of carboxylic acid groups (broad SMARTS) is 1. The molecule has 0 aliphatic rings. The third kappa shape index (κ3) is 4.46. The van der Waals surface area contributed by atoms with Crippen molar-refractivity contribution in [2.75, 3.05) is 6.61 Å². The van der Waals surface area contributed by atoms with Crippen molar-refractivity contribution in [3.05, 3.63) is 24.3 Å². The summed E-state index contributed by atoms with van der Waals surface area (Å²) in [6.45, 7) is 3.26. The second-order valence-electron chi connectivity index (χ2n) is 4.53. The highest BCUT2D eigenvalue weighted by Crippen LogP contribution is 2.24. The average molecular weight is 281 g/mol. The molecule has 0 saturated heterocycles. The van der Waals surface area contributed by atoms with Crippen molar-refractivity contribution in [3.8, 4) is 11.5 Å². The minimum atomic E-state index is -1.07. The molecule has 3 N–H and O–H groups in total. The highest BCUT2D eigenvalue weighted by molar-refractivity contribution is 5.84. The van der Waals surface area contributed by atoms with Crippen LogP contribution in [0.15, 0.2) is 24.3 Å². The molecule has 0 saturated carbocycles. The van der Waals surface area contributed by atoms with Gasteiger partial charge in [0.25, 0.3) is 5.91 Å². The van der Waals surface area contributed by atoms with Crippen LogP contribution in [-0.2, 0) is 9.59 Å². The maximum atomic E-state index is 11.7. The molecule has 0 heterocycles. The van der Waals surface area contributed by atoms with Gasteiger partial charge in [0.15, 0.2) is 18.1 Å². The summed E-state index contributed by atoms with van der Waals surface area (Å²) in [5.41, 5.74) is 0. The Labute approximate surface area is 117 Å². The minimum absolute atomic E-state index is 0.0722. The molecular formula is C14H19NO5. The monoisotopic (exact) mass is 281 g/mol. The average Bonchev–Trinajstić information content (AvgIpc) is 2.42. The molecule has 0 bridgehead atoms. The molecule has 0 aromatic heterocycles. The Morgan fingerprint density at radius 3 is 2.55 bits per heavy atom. The molecule has 0 radical (unpaired) electrons. The summed E-state index contributed by atoms with van der Waals surface area (Å²) in [5, 5.41) is 20.9. The van der Waals surface area contributed by atoms with Crippen LogP contribution in [0.3, 0.4) is 0 Å². The number of ether oxygens (including phenoxy) is 1. The first-order valence-corrected chi connectivity index (χ1v) is 6.38. The van der Waals surface area contributed by atoms with E-state index in [4.69, 9.17) is 9.84 Å². The molecule has 0 spiro atoms. The zero-order valence-electron chi connectivity index (χ0n) is 11.5. The summed E-state index contributed by atoms with van der Waals surface area (Å²) in [7, 11) is 0. The molecule has 0 aliphatic heterocycles. The van der Waals surface area contributed by atoms with Gasteiger partial charge in [0.2, 0.25) is 0 Å². The van der Waals surface area contributed by atoms with E-state index in [9.17, 15) is 14.7 Å². The number of rotatable bonds is 7. The number of carbonyl (C=O) groups excluding carboxylic acids is 1. The quantitative estimate of drug-likeness (QED) is 0.702. The van der Waals surface area contributed by atoms with Crippen molar-refractivity contribution < 1.29 is 24.5 Å². The summed E-state index contributed by atoms with van der Waals surface area (Å²) in [6.07, 6.45) is 0.636. The van der Waals surface area contributed by atoms with E-state index in [1.54, 1.807) is 19.1 Å². The summed E-state index contributed by atoms with van der Waals surface area (Å²) in [4.78, 5) is 22.7. The number of phenols is 1.